The quantitative estimate of drug-likeness (QED) is 0.0875. The molecule has 7 rings (SSSR count). The topological polar surface area (TPSA) is 216 Å². The zero-order chi connectivity index (χ0) is 50.0. The van der Waals surface area contributed by atoms with Crippen LogP contribution in [0.4, 0.5) is 0 Å². The summed E-state index contributed by atoms with van der Waals surface area (Å²) >= 11 is 11.0. The van der Waals surface area contributed by atoms with Gasteiger partial charge in [-0.3, -0.25) is 4.52 Å². The Bertz CT molecular complexity index is 1640. The summed E-state index contributed by atoms with van der Waals surface area (Å²) in [6.45, 7) is 7.07. The van der Waals surface area contributed by atoms with Crippen LogP contribution in [0.15, 0.2) is 0 Å². The molecule has 371 valence electrons. The van der Waals surface area contributed by atoms with Gasteiger partial charge in [-0.15, -0.1) is 0 Å². The third-order valence-corrected chi connectivity index (χ3v) is 16.2. The molecule has 18 nitrogen and oxygen atoms in total. The number of nitrogens with one attached hydrogen (secondary N) is 1. The number of rotatable bonds is 21. The Morgan fingerprint density at radius 3 is 2.09 bits per heavy atom. The van der Waals surface area contributed by atoms with Crippen LogP contribution in [0.3, 0.4) is 0 Å². The van der Waals surface area contributed by atoms with Crippen LogP contribution in [0, 0.1) is 0 Å². The maximum atomic E-state index is 12.2. The minimum atomic E-state index is -3.72. The summed E-state index contributed by atoms with van der Waals surface area (Å²) in [4.78, 5) is 12.2. The fourth-order valence-electron chi connectivity index (χ4n) is 8.79. The van der Waals surface area contributed by atoms with E-state index in [0.29, 0.717) is 32.2 Å². The maximum absolute atomic E-state index is 12.2. The van der Waals surface area contributed by atoms with Gasteiger partial charge in [0.1, 0.15) is 72.5 Å². The molecule has 19 atom stereocenters. The smallest absolute Gasteiger partial charge is 0.328 e. The summed E-state index contributed by atoms with van der Waals surface area (Å²) in [6.07, 6.45) is -1.15. The Kier molecular flexibility index (Phi) is 20.4. The molecule has 7 fully saturated rings. The summed E-state index contributed by atoms with van der Waals surface area (Å²) in [5, 5.41) is 27.2. The zero-order valence-electron chi connectivity index (χ0n) is 42.5. The average Bonchev–Trinajstić information content (AvgIpc) is 4.15. The van der Waals surface area contributed by atoms with Gasteiger partial charge in [-0.05, 0) is 71.7 Å². The van der Waals surface area contributed by atoms with Gasteiger partial charge >= 0.3 is 6.72 Å². The maximum Gasteiger partial charge on any atom is 0.328 e. The van der Waals surface area contributed by atoms with Gasteiger partial charge in [0.2, 0.25) is 1.43 Å². The lowest BCUT2D eigenvalue weighted by molar-refractivity contribution is -0.228. The third-order valence-electron chi connectivity index (χ3n) is 11.7. The molecule has 6 saturated heterocycles. The van der Waals surface area contributed by atoms with Crippen LogP contribution in [0.2, 0.25) is 13.4 Å². The van der Waals surface area contributed by atoms with Crippen LogP contribution < -0.4 is 10.2 Å². The third kappa shape index (κ3) is 16.3. The van der Waals surface area contributed by atoms with Gasteiger partial charge in [0, 0.05) is 46.3 Å². The Labute approximate surface area is 402 Å². The van der Waals surface area contributed by atoms with E-state index in [1.54, 1.807) is 6.55 Å². The SMILES string of the molecule is CC1CC(O)C(COP([O-])(=S)OC2CC(C)OC2CO)O1.[2H]B(C)[SiH3].[2H][Si](C)([B][3H])OCC1OC(C)CC1OP(=S)(OCC1OC(C)CC1O[3H])O[C@@H]1[C@H]2OC3(CCCC3)O[C@H]2O[C@@H]1CNCC. The molecule has 26 heteroatoms. The fourth-order valence-corrected chi connectivity index (χ4v) is 13.1. The zero-order valence-corrected chi connectivity index (χ0v) is 44.9. The second-order valence-electron chi connectivity index (χ2n) is 17.7. The van der Waals surface area contributed by atoms with Crippen LogP contribution in [0.5, 0.6) is 0 Å². The molecule has 1 radical (unpaired) electrons. The first kappa shape index (κ1) is 50.1. The van der Waals surface area contributed by atoms with Crippen molar-refractivity contribution in [2.75, 3.05) is 39.5 Å². The first-order chi connectivity index (χ1) is 32.0. The normalized spacial score (nSPS) is 42.5. The van der Waals surface area contributed by atoms with Gasteiger partial charge in [0.15, 0.2) is 12.1 Å². The molecule has 7 aliphatic rings. The highest BCUT2D eigenvalue weighted by molar-refractivity contribution is 8.07. The molecule has 6 heterocycles. The summed E-state index contributed by atoms with van der Waals surface area (Å²) in [7, 11) is -0.936. The van der Waals surface area contributed by atoms with Crippen molar-refractivity contribution in [3.05, 3.63) is 0 Å². The van der Waals surface area contributed by atoms with Gasteiger partial charge in [-0.2, -0.15) is 0 Å². The Morgan fingerprint density at radius 1 is 0.906 bits per heavy atom. The van der Waals surface area contributed by atoms with Gasteiger partial charge in [0.05, 0.1) is 75.3 Å². The lowest BCUT2D eigenvalue weighted by Gasteiger charge is -2.33. The highest BCUT2D eigenvalue weighted by atomic mass is 32.5. The Hall–Kier alpha value is 1.14. The van der Waals surface area contributed by atoms with E-state index in [9.17, 15) is 15.1 Å². The molecule has 0 aromatic carbocycles. The molecular weight excluding hydrogens is 946 g/mol. The molecular formula is C38H75B2NO17P2S2Si2-. The van der Waals surface area contributed by atoms with E-state index >= 15 is 0 Å². The lowest BCUT2D eigenvalue weighted by Crippen LogP contribution is -2.42. The minimum Gasteiger partial charge on any atom is -0.780 e. The highest BCUT2D eigenvalue weighted by Crippen LogP contribution is 2.58. The molecule has 64 heavy (non-hydrogen) atoms. The van der Waals surface area contributed by atoms with Crippen molar-refractivity contribution in [3.8, 4) is 0 Å². The molecule has 15 unspecified atom stereocenters. The lowest BCUT2D eigenvalue weighted by atomic mass is 10.1. The molecule has 1 aliphatic carbocycles. The van der Waals surface area contributed by atoms with Crippen molar-refractivity contribution in [2.24, 2.45) is 0 Å². The van der Waals surface area contributed by atoms with Crippen LogP contribution in [0.1, 0.15) is 86.0 Å². The number of likely N-dealkylation sites (N-methyl/N-ethyl adjacent to an activating group) is 1. The van der Waals surface area contributed by atoms with Crippen molar-refractivity contribution >= 4 is 70.2 Å². The van der Waals surface area contributed by atoms with Gasteiger partial charge in [-0.1, -0.05) is 32.1 Å². The summed E-state index contributed by atoms with van der Waals surface area (Å²) < 4.78 is 108. The van der Waals surface area contributed by atoms with E-state index in [1.165, 1.54) is 0 Å². The standard InChI is InChI=1S/C25H46BNO10PSSi.C12H23O7PS.CH7BSi/c1-5-27-12-19-22(23-24(33-19)35-25(34-23)8-6-7-9-25)37-38(39,29-13-20-17(28)10-15(2)31-20)36-18-11-16(3)32-21(18)14-30-40(4)26;1-7-3-9(14)12(18-7)6-16-20(15,21)19-10-4-8(2)17-11(10)5-13;1-2-3/h15-24,26-28,40H,5-14H2,1-4H3;7-14H,3-6H2,1-2H3,(H,15,21);2H,1,3H3/p-1/t15?,16?,17?,18?,19-,20?,21?,22+,23-,24-,38?,40?;;/m1../s1/i26T,28T,40D;;2D. The van der Waals surface area contributed by atoms with E-state index < -0.39 is 102 Å². The number of aliphatic hydroxyl groups excluding tert-OH is 3. The molecule has 0 amide bonds. The van der Waals surface area contributed by atoms with Gasteiger partial charge in [0.25, 0.3) is 0 Å². The van der Waals surface area contributed by atoms with Crippen molar-refractivity contribution in [1.29, 1.82) is 5.34 Å². The van der Waals surface area contributed by atoms with Crippen molar-refractivity contribution in [2.45, 2.75) is 203 Å². The summed E-state index contributed by atoms with van der Waals surface area (Å²) in [5.74, 6) is -0.671. The van der Waals surface area contributed by atoms with E-state index in [0.717, 1.165) is 49.7 Å². The highest BCUT2D eigenvalue weighted by Gasteiger charge is 2.60. The number of hydrogen-bond donors (Lipinski definition) is 4. The number of hydrogen-bond acceptors (Lipinski definition) is 20. The summed E-state index contributed by atoms with van der Waals surface area (Å²) in [6, 6.07) is 0. The van der Waals surface area contributed by atoms with E-state index in [2.05, 4.69) is 5.32 Å². The van der Waals surface area contributed by atoms with Crippen LogP contribution >= 0.6 is 13.4 Å². The molecule has 6 aliphatic heterocycles. The number of aliphatic hydroxyl groups is 3. The Morgan fingerprint density at radius 2 is 1.48 bits per heavy atom. The number of ether oxygens (including phenoxy) is 7. The summed E-state index contributed by atoms with van der Waals surface area (Å²) in [5.41, 5.74) is 0. The minimum absolute atomic E-state index is 0.0157. The van der Waals surface area contributed by atoms with E-state index in [-0.39, 0.29) is 57.7 Å². The fraction of sp³-hybridized carbons (Fsp3) is 1.00. The molecule has 0 bridgehead atoms. The second-order valence-corrected chi connectivity index (χ2v) is 26.0. The van der Waals surface area contributed by atoms with Crippen LogP contribution in [0.25, 0.3) is 0 Å². The van der Waals surface area contributed by atoms with Crippen LogP contribution in [-0.2, 0) is 83.8 Å². The van der Waals surface area contributed by atoms with Crippen LogP contribution in [-0.4, -0.2) is 197 Å². The average molecular weight is 1030 g/mol. The molecule has 1 spiro atoms. The largest absolute Gasteiger partial charge is 0.780 e. The first-order valence-corrected chi connectivity index (χ1v) is 31.1. The predicted molar refractivity (Wildman–Crippen MR) is 253 cm³/mol. The molecule has 1 saturated carbocycles. The molecule has 0 aromatic heterocycles. The first-order valence-electron chi connectivity index (χ1n) is 24.9. The Balaban J connectivity index is 0.000000287. The number of fused-ring (bicyclic) bond motifs is 1. The van der Waals surface area contributed by atoms with Gasteiger partial charge in [-0.25, -0.2) is 0 Å². The van der Waals surface area contributed by atoms with Gasteiger partial charge < -0.3 is 81.2 Å². The molecule has 4 N–H and O–H groups in total. The van der Waals surface area contributed by atoms with Crippen molar-refractivity contribution in [3.63, 3.8) is 0 Å². The van der Waals surface area contributed by atoms with E-state index in [4.69, 9.17) is 94.3 Å². The van der Waals surface area contributed by atoms with Crippen molar-refractivity contribution in [1.82, 2.24) is 5.32 Å². The second kappa shape index (κ2) is 26.0. The molecule has 0 aromatic rings. The monoisotopic (exact) mass is 1030 g/mol. The predicted octanol–water partition coefficient (Wildman–Crippen LogP) is -0.0662. The van der Waals surface area contributed by atoms with Crippen molar-refractivity contribution < 1.29 is 80.4 Å². The van der Waals surface area contributed by atoms with E-state index in [1.807, 2.05) is 41.4 Å².